The fourth-order valence-corrected chi connectivity index (χ4v) is 4.00. The standard InChI is InChI=1S/C21H22O11/c22-6-11-14(25)17(28)19(30)21(32-11)12-9(24)5-10-13(15(12)26)16(27)18(29)20(31-10)7-1-3-8(23)4-2-7/h1-5,11,14,17-26,28-30H,6H2/t11-,14-,17+,18?,19-,20?,21+/m1/s1. The molecule has 0 spiro atoms. The molecule has 0 bridgehead atoms. The first-order valence-electron chi connectivity index (χ1n) is 9.72. The van der Waals surface area contributed by atoms with E-state index in [0.717, 1.165) is 6.07 Å². The molecule has 2 unspecified atom stereocenters. The third-order valence-corrected chi connectivity index (χ3v) is 5.74. The predicted octanol–water partition coefficient (Wildman–Crippen LogP) is -1.00. The molecule has 11 nitrogen and oxygen atoms in total. The van der Waals surface area contributed by atoms with Crippen molar-refractivity contribution in [3.8, 4) is 23.0 Å². The number of ether oxygens (including phenoxy) is 2. The first kappa shape index (κ1) is 22.3. The largest absolute Gasteiger partial charge is 0.508 e. The average Bonchev–Trinajstić information content (AvgIpc) is 2.76. The number of rotatable bonds is 3. The second-order valence-corrected chi connectivity index (χ2v) is 7.72. The lowest BCUT2D eigenvalue weighted by atomic mass is 9.86. The molecule has 8 N–H and O–H groups in total. The van der Waals surface area contributed by atoms with Gasteiger partial charge in [-0.05, 0) is 17.7 Å². The summed E-state index contributed by atoms with van der Waals surface area (Å²) in [5.74, 6) is -2.73. The SMILES string of the molecule is O=C1c2c(cc(O)c([C@@H]3O[C@H](CO)[C@@H](O)[C@H](O)[C@H]3O)c2O)OC(c2ccc(O)cc2)C1O. The molecule has 0 aromatic heterocycles. The van der Waals surface area contributed by atoms with Crippen LogP contribution in [0.15, 0.2) is 30.3 Å². The number of hydrogen-bond acceptors (Lipinski definition) is 11. The topological polar surface area (TPSA) is 197 Å². The minimum Gasteiger partial charge on any atom is -0.508 e. The van der Waals surface area contributed by atoms with E-state index < -0.39 is 77.7 Å². The number of carbonyl (C=O) groups excluding carboxylic acids is 1. The highest BCUT2D eigenvalue weighted by atomic mass is 16.5. The van der Waals surface area contributed by atoms with Gasteiger partial charge in [0.2, 0.25) is 5.78 Å². The Balaban J connectivity index is 1.76. The Morgan fingerprint density at radius 1 is 0.875 bits per heavy atom. The van der Waals surface area contributed by atoms with Gasteiger partial charge in [0, 0.05) is 6.07 Å². The smallest absolute Gasteiger partial charge is 0.202 e. The number of Topliss-reactive ketones (excluding diaryl/α,β-unsaturated/α-hetero) is 1. The molecule has 0 amide bonds. The number of phenolic OH excluding ortho intramolecular Hbond substituents is 3. The normalized spacial score (nSPS) is 32.3. The van der Waals surface area contributed by atoms with Crippen LogP contribution >= 0.6 is 0 Å². The molecule has 7 atom stereocenters. The van der Waals surface area contributed by atoms with Gasteiger partial charge in [-0.1, -0.05) is 12.1 Å². The second kappa shape index (κ2) is 8.20. The van der Waals surface area contributed by atoms with Crippen LogP contribution in [-0.4, -0.2) is 83.8 Å². The van der Waals surface area contributed by atoms with Crippen molar-refractivity contribution in [3.05, 3.63) is 47.0 Å². The minimum absolute atomic E-state index is 0.0368. The van der Waals surface area contributed by atoms with Crippen molar-refractivity contribution in [3.63, 3.8) is 0 Å². The summed E-state index contributed by atoms with van der Waals surface area (Å²) in [7, 11) is 0. The average molecular weight is 450 g/mol. The summed E-state index contributed by atoms with van der Waals surface area (Å²) in [6, 6.07) is 6.53. The summed E-state index contributed by atoms with van der Waals surface area (Å²) in [5.41, 5.74) is -0.600. The van der Waals surface area contributed by atoms with Gasteiger partial charge in [-0.2, -0.15) is 0 Å². The van der Waals surface area contributed by atoms with E-state index in [1.165, 1.54) is 24.3 Å². The summed E-state index contributed by atoms with van der Waals surface area (Å²) < 4.78 is 11.0. The molecule has 11 heteroatoms. The summed E-state index contributed by atoms with van der Waals surface area (Å²) in [6.07, 6.45) is -11.1. The molecule has 172 valence electrons. The Morgan fingerprint density at radius 2 is 1.53 bits per heavy atom. The third-order valence-electron chi connectivity index (χ3n) is 5.74. The van der Waals surface area contributed by atoms with Gasteiger partial charge >= 0.3 is 0 Å². The van der Waals surface area contributed by atoms with E-state index in [1.54, 1.807) is 0 Å². The molecule has 0 radical (unpaired) electrons. The zero-order valence-electron chi connectivity index (χ0n) is 16.4. The number of benzene rings is 2. The fourth-order valence-electron chi connectivity index (χ4n) is 4.00. The van der Waals surface area contributed by atoms with Crippen LogP contribution in [0.2, 0.25) is 0 Å². The summed E-state index contributed by atoms with van der Waals surface area (Å²) in [4.78, 5) is 12.9. The Morgan fingerprint density at radius 3 is 2.16 bits per heavy atom. The van der Waals surface area contributed by atoms with Crippen molar-refractivity contribution >= 4 is 5.78 Å². The van der Waals surface area contributed by atoms with Gasteiger partial charge in [0.25, 0.3) is 0 Å². The monoisotopic (exact) mass is 450 g/mol. The van der Waals surface area contributed by atoms with Gasteiger partial charge in [0.05, 0.1) is 12.2 Å². The molecule has 32 heavy (non-hydrogen) atoms. The van der Waals surface area contributed by atoms with Crippen molar-refractivity contribution in [2.75, 3.05) is 6.61 Å². The van der Waals surface area contributed by atoms with E-state index in [9.17, 15) is 45.6 Å². The van der Waals surface area contributed by atoms with Crippen molar-refractivity contribution in [2.24, 2.45) is 0 Å². The predicted molar refractivity (Wildman–Crippen MR) is 104 cm³/mol. The van der Waals surface area contributed by atoms with Crippen LogP contribution in [0.3, 0.4) is 0 Å². The van der Waals surface area contributed by atoms with Gasteiger partial charge in [-0.15, -0.1) is 0 Å². The van der Waals surface area contributed by atoms with Gasteiger partial charge in [0.1, 0.15) is 59.1 Å². The maximum absolute atomic E-state index is 12.9. The molecule has 1 fully saturated rings. The maximum atomic E-state index is 12.9. The first-order chi connectivity index (χ1) is 15.1. The highest BCUT2D eigenvalue weighted by Crippen LogP contribution is 2.49. The van der Waals surface area contributed by atoms with Crippen LogP contribution < -0.4 is 4.74 Å². The van der Waals surface area contributed by atoms with Crippen molar-refractivity contribution < 1.29 is 55.1 Å². The number of fused-ring (bicyclic) bond motifs is 1. The zero-order valence-corrected chi connectivity index (χ0v) is 16.4. The molecule has 2 aromatic rings. The third kappa shape index (κ3) is 3.45. The summed E-state index contributed by atoms with van der Waals surface area (Å²) >= 11 is 0. The molecule has 2 aliphatic heterocycles. The number of phenols is 3. The van der Waals surface area contributed by atoms with Crippen LogP contribution in [0, 0.1) is 0 Å². The van der Waals surface area contributed by atoms with Crippen LogP contribution in [0.1, 0.15) is 33.7 Å². The first-order valence-corrected chi connectivity index (χ1v) is 9.72. The lowest BCUT2D eigenvalue weighted by Gasteiger charge is -2.41. The van der Waals surface area contributed by atoms with E-state index in [4.69, 9.17) is 9.47 Å². The quantitative estimate of drug-likeness (QED) is 0.285. The van der Waals surface area contributed by atoms with Gasteiger partial charge in [-0.25, -0.2) is 0 Å². The number of aliphatic hydroxyl groups excluding tert-OH is 5. The van der Waals surface area contributed by atoms with E-state index in [2.05, 4.69) is 0 Å². The molecule has 1 saturated heterocycles. The maximum Gasteiger partial charge on any atom is 0.202 e. The lowest BCUT2D eigenvalue weighted by Crippen LogP contribution is -2.55. The Bertz CT molecular complexity index is 1020. The summed E-state index contributed by atoms with van der Waals surface area (Å²) in [6.45, 7) is -0.733. The minimum atomic E-state index is -1.82. The Kier molecular flexibility index (Phi) is 5.71. The van der Waals surface area contributed by atoms with Crippen molar-refractivity contribution in [2.45, 2.75) is 42.7 Å². The highest BCUT2D eigenvalue weighted by Gasteiger charge is 2.48. The molecular weight excluding hydrogens is 428 g/mol. The van der Waals surface area contributed by atoms with Crippen molar-refractivity contribution in [1.29, 1.82) is 0 Å². The van der Waals surface area contributed by atoms with Gasteiger partial charge in [-0.3, -0.25) is 4.79 Å². The Labute approximate surface area is 181 Å². The van der Waals surface area contributed by atoms with E-state index in [0.29, 0.717) is 5.56 Å². The number of carbonyl (C=O) groups is 1. The number of ketones is 1. The van der Waals surface area contributed by atoms with Crippen LogP contribution in [-0.2, 0) is 4.74 Å². The highest BCUT2D eigenvalue weighted by molar-refractivity contribution is 6.06. The van der Waals surface area contributed by atoms with E-state index >= 15 is 0 Å². The molecule has 0 aliphatic carbocycles. The van der Waals surface area contributed by atoms with Crippen molar-refractivity contribution in [1.82, 2.24) is 0 Å². The van der Waals surface area contributed by atoms with Crippen LogP contribution in [0.4, 0.5) is 0 Å². The van der Waals surface area contributed by atoms with Crippen LogP contribution in [0.25, 0.3) is 0 Å². The summed E-state index contributed by atoms with van der Waals surface area (Å²) in [5, 5.41) is 80.9. The van der Waals surface area contributed by atoms with E-state index in [-0.39, 0.29) is 11.5 Å². The second-order valence-electron chi connectivity index (χ2n) is 7.72. The molecule has 0 saturated carbocycles. The number of aromatic hydroxyl groups is 3. The fraction of sp³-hybridized carbons (Fsp3) is 0.381. The molecule has 4 rings (SSSR count). The zero-order chi connectivity index (χ0) is 23.3. The number of hydrogen-bond donors (Lipinski definition) is 8. The molecular formula is C21H22O11. The Hall–Kier alpha value is -2.93. The number of aliphatic hydroxyl groups is 5. The van der Waals surface area contributed by atoms with Gasteiger partial charge < -0.3 is 50.3 Å². The van der Waals surface area contributed by atoms with E-state index in [1.807, 2.05) is 0 Å². The van der Waals surface area contributed by atoms with Crippen LogP contribution in [0.5, 0.6) is 23.0 Å². The molecule has 2 aliphatic rings. The molecule has 2 aromatic carbocycles. The lowest BCUT2D eigenvalue weighted by molar-refractivity contribution is -0.232. The molecule has 2 heterocycles. The van der Waals surface area contributed by atoms with Gasteiger partial charge in [0.15, 0.2) is 12.2 Å².